The molecule has 0 heterocycles. The predicted molar refractivity (Wildman–Crippen MR) is 76.9 cm³/mol. The van der Waals surface area contributed by atoms with E-state index in [-0.39, 0.29) is 155 Å². The Bertz CT molecular complexity index is 405. The van der Waals surface area contributed by atoms with Gasteiger partial charge in [-0.2, -0.15) is 0 Å². The smallest absolute Gasteiger partial charge is 1.00 e. The average molecular weight is 610 g/mol. The van der Waals surface area contributed by atoms with Gasteiger partial charge < -0.3 is 80.5 Å². The van der Waals surface area contributed by atoms with Gasteiger partial charge in [-0.15, -0.1) is 0 Å². The van der Waals surface area contributed by atoms with Crippen LogP contribution in [0.4, 0.5) is 0 Å². The molecule has 0 bridgehead atoms. The summed E-state index contributed by atoms with van der Waals surface area (Å²) in [6.07, 6.45) is 0. The minimum absolute atomic E-state index is 0. The van der Waals surface area contributed by atoms with Gasteiger partial charge in [0.2, 0.25) is 0 Å². The van der Waals surface area contributed by atoms with Crippen molar-refractivity contribution in [3.8, 4) is 0 Å². The molecule has 0 fully saturated rings. The van der Waals surface area contributed by atoms with E-state index in [1.807, 2.05) is 0 Å². The molecule has 0 rings (SSSR count). The predicted octanol–water partition coefficient (Wildman–Crippen LogP) is -19.1. The Kier molecular flexibility index (Phi) is 66.7. The van der Waals surface area contributed by atoms with E-state index in [2.05, 4.69) is 0 Å². The first-order chi connectivity index (χ1) is 10.0. The van der Waals surface area contributed by atoms with E-state index in [4.69, 9.17) is 96.2 Å². The van der Waals surface area contributed by atoms with Crippen LogP contribution in [0.2, 0.25) is 0 Å². The van der Waals surface area contributed by atoms with Crippen molar-refractivity contribution < 1.29 is 251 Å². The maximum atomic E-state index is 8.88. The van der Waals surface area contributed by atoms with Gasteiger partial charge in [-0.1, -0.05) is 0 Å². The fourth-order valence-corrected chi connectivity index (χ4v) is 0. The summed E-state index contributed by atoms with van der Waals surface area (Å²) in [7, 11) is -23.2. The Morgan fingerprint density at radius 2 is 0.267 bits per heavy atom. The van der Waals surface area contributed by atoms with Gasteiger partial charge in [-0.3, -0.25) is 0 Å². The summed E-state index contributed by atoms with van der Waals surface area (Å²) in [5, 5.41) is 0. The molecule has 0 aliphatic rings. The van der Waals surface area contributed by atoms with Crippen LogP contribution in [-0.4, -0.2) is 73.4 Å². The summed E-state index contributed by atoms with van der Waals surface area (Å²) < 4.78 is 44.4. The fourth-order valence-electron chi connectivity index (χ4n) is 0. The van der Waals surface area contributed by atoms with Gasteiger partial charge in [0.1, 0.15) is 0 Å². The zero-order valence-corrected chi connectivity index (χ0v) is 30.5. The van der Waals surface area contributed by atoms with Crippen LogP contribution in [-0.2, 0) is 22.8 Å². The molecule has 30 heavy (non-hydrogen) atoms. The molecule has 0 atom stereocenters. The molecular formula is H20Na5O20P5. The van der Waals surface area contributed by atoms with Crippen LogP contribution in [0.1, 0.15) is 7.13 Å². The van der Waals surface area contributed by atoms with Crippen LogP contribution in [0.15, 0.2) is 0 Å². The summed E-state index contributed by atoms with van der Waals surface area (Å²) in [4.78, 5) is 108. The molecule has 0 aromatic heterocycles. The fraction of sp³-hybridized carbons (Fsp3) is 0. The molecule has 0 saturated carbocycles. The summed E-state index contributed by atoms with van der Waals surface area (Å²) in [5.41, 5.74) is 0. The molecule has 0 saturated heterocycles. The monoisotopic (exact) mass is 610 g/mol. The quantitative estimate of drug-likeness (QED) is 0.0894. The first-order valence-corrected chi connectivity index (χ1v) is 11.7. The van der Waals surface area contributed by atoms with E-state index in [0.29, 0.717) is 0 Å². The van der Waals surface area contributed by atoms with Crippen LogP contribution in [0.5, 0.6) is 0 Å². The maximum absolute atomic E-state index is 8.88. The SMILES string of the molecule is O=P(O)(O)O.O=P(O)(O)O.O=P(O)(O)O.O=P(O)(O)O.O=P(O)(O)O.[H-].[H-].[H-].[H-].[H-].[Na+].[Na+].[Na+].[Na+].[Na+]. The van der Waals surface area contributed by atoms with Crippen molar-refractivity contribution in [1.82, 2.24) is 0 Å². The third-order valence-electron chi connectivity index (χ3n) is 0. The third-order valence-corrected chi connectivity index (χ3v) is 0. The first-order valence-electron chi connectivity index (χ1n) is 3.91. The average Bonchev–Trinajstić information content (AvgIpc) is 1.79. The van der Waals surface area contributed by atoms with Gasteiger partial charge in [0.05, 0.1) is 0 Å². The number of hydrogen-bond acceptors (Lipinski definition) is 5. The molecule has 0 radical (unpaired) electrons. The Hall–Kier alpha value is 5.55. The minimum atomic E-state index is -4.64. The van der Waals surface area contributed by atoms with E-state index < -0.39 is 39.1 Å². The van der Waals surface area contributed by atoms with Crippen molar-refractivity contribution in [2.24, 2.45) is 0 Å². The van der Waals surface area contributed by atoms with E-state index >= 15 is 0 Å². The largest absolute Gasteiger partial charge is 1.00 e. The zero-order valence-electron chi connectivity index (χ0n) is 21.0. The second-order valence-electron chi connectivity index (χ2n) is 2.57. The molecule has 30 heteroatoms. The molecule has 0 aliphatic heterocycles. The minimum Gasteiger partial charge on any atom is -1.00 e. The Labute approximate surface area is 286 Å². The third kappa shape index (κ3) is 1150. The Morgan fingerprint density at radius 1 is 0.267 bits per heavy atom. The van der Waals surface area contributed by atoms with Crippen molar-refractivity contribution in [3.63, 3.8) is 0 Å². The van der Waals surface area contributed by atoms with Crippen LogP contribution in [0.3, 0.4) is 0 Å². The molecule has 20 nitrogen and oxygen atoms in total. The van der Waals surface area contributed by atoms with Crippen LogP contribution < -0.4 is 148 Å². The van der Waals surface area contributed by atoms with E-state index in [1.165, 1.54) is 0 Å². The van der Waals surface area contributed by atoms with Crippen molar-refractivity contribution in [1.29, 1.82) is 0 Å². The standard InChI is InChI=1S/5Na.5H3O4P.5H/c;;;;;5*1-5(2,3)4;;;;;/h;;;;;5*(H3,1,2,3,4);;;;;/q5*+1;;;;;;5*-1. The van der Waals surface area contributed by atoms with E-state index in [9.17, 15) is 0 Å². The van der Waals surface area contributed by atoms with Crippen molar-refractivity contribution >= 4 is 39.1 Å². The van der Waals surface area contributed by atoms with Gasteiger partial charge in [0.15, 0.2) is 0 Å². The summed E-state index contributed by atoms with van der Waals surface area (Å²) in [5.74, 6) is 0. The molecule has 0 aliphatic carbocycles. The number of rotatable bonds is 0. The number of phosphoric acid groups is 5. The maximum Gasteiger partial charge on any atom is 1.00 e. The molecule has 0 unspecified atom stereocenters. The molecule has 170 valence electrons. The Morgan fingerprint density at radius 3 is 0.267 bits per heavy atom. The summed E-state index contributed by atoms with van der Waals surface area (Å²) in [6, 6.07) is 0. The number of hydrogen-bond donors (Lipinski definition) is 15. The van der Waals surface area contributed by atoms with E-state index in [0.717, 1.165) is 0 Å². The molecule has 0 aromatic carbocycles. The first kappa shape index (κ1) is 65.0. The van der Waals surface area contributed by atoms with Crippen LogP contribution in [0.25, 0.3) is 0 Å². The van der Waals surface area contributed by atoms with Gasteiger partial charge in [0, 0.05) is 0 Å². The van der Waals surface area contributed by atoms with Crippen molar-refractivity contribution in [2.45, 2.75) is 0 Å². The van der Waals surface area contributed by atoms with Crippen molar-refractivity contribution in [3.05, 3.63) is 0 Å². The normalized spacial score (nSPS) is 9.83. The molecule has 0 amide bonds. The Balaban J connectivity index is -0.0000000103. The van der Waals surface area contributed by atoms with Gasteiger partial charge in [-0.25, -0.2) is 22.8 Å². The van der Waals surface area contributed by atoms with Gasteiger partial charge in [-0.05, 0) is 0 Å². The topological polar surface area (TPSA) is 389 Å². The summed E-state index contributed by atoms with van der Waals surface area (Å²) >= 11 is 0. The van der Waals surface area contributed by atoms with Crippen LogP contribution in [0, 0.1) is 0 Å². The van der Waals surface area contributed by atoms with Gasteiger partial charge >= 0.3 is 187 Å². The molecule has 0 spiro atoms. The van der Waals surface area contributed by atoms with E-state index in [1.54, 1.807) is 0 Å². The summed E-state index contributed by atoms with van der Waals surface area (Å²) in [6.45, 7) is 0. The second-order valence-corrected chi connectivity index (χ2v) is 7.70. The molecular weight excluding hydrogens is 590 g/mol. The van der Waals surface area contributed by atoms with Gasteiger partial charge in [0.25, 0.3) is 0 Å². The second kappa shape index (κ2) is 30.8. The van der Waals surface area contributed by atoms with Crippen LogP contribution >= 0.6 is 39.1 Å². The van der Waals surface area contributed by atoms with Crippen molar-refractivity contribution in [2.75, 3.05) is 0 Å². The molecule has 0 aromatic rings. The molecule has 15 N–H and O–H groups in total. The zero-order chi connectivity index (χ0) is 22.5.